The molecule has 4 rings (SSSR count). The van der Waals surface area contributed by atoms with Gasteiger partial charge in [-0.05, 0) is 49.1 Å². The Kier molecular flexibility index (Phi) is 38.0. The van der Waals surface area contributed by atoms with Gasteiger partial charge in [0.2, 0.25) is 0 Å². The molecular formula is C35H40BrCl4MgN5O6. The Hall–Kier alpha value is -2.94. The first-order valence-corrected chi connectivity index (χ1v) is 14.9. The number of carboxylic acids is 1. The third-order valence-corrected chi connectivity index (χ3v) is 6.70. The molecular weight excluding hydrogens is 832 g/mol. The van der Waals surface area contributed by atoms with Crippen molar-refractivity contribution in [2.45, 2.75) is 19.8 Å². The summed E-state index contributed by atoms with van der Waals surface area (Å²) in [6, 6.07) is 13.8. The third-order valence-electron chi connectivity index (χ3n) is 5.76. The van der Waals surface area contributed by atoms with Gasteiger partial charge in [-0.3, -0.25) is 9.63 Å². The van der Waals surface area contributed by atoms with Crippen molar-refractivity contribution in [1.82, 2.24) is 10.5 Å². The zero-order valence-electron chi connectivity index (χ0n) is 29.6. The van der Waals surface area contributed by atoms with E-state index in [1.807, 2.05) is 13.0 Å². The standard InChI is InChI=1S/C10H9ClN2O2.C10H8ClN.C8H4ClNO2.C4H8O.C2H7NO.CH3.BrH.ClH.Mg/c1-12-7-4-5-8(9(11)6-7)10(14)13(2)15-3;1-7(2)9-5-4-8(12-3)6-10(9)11;1-10-5-2-3-6(8(11)12)7(9)4-5;1-2-4-5-3-1;1-3-4-2;;;;/h4-6H,2-3H3;4-6H,1H2,2H3;2-4H,(H,11,12);1-4H2;3H,1-2H3;1H3;2*1H;/q;;;;;-1;;;+2/p-1. The summed E-state index contributed by atoms with van der Waals surface area (Å²) in [5.74, 6) is -1.43. The van der Waals surface area contributed by atoms with Crippen LogP contribution in [0.25, 0.3) is 20.1 Å². The van der Waals surface area contributed by atoms with Crippen molar-refractivity contribution in [1.29, 1.82) is 0 Å². The molecule has 1 aliphatic rings. The quantitative estimate of drug-likeness (QED) is 0.160. The molecule has 52 heavy (non-hydrogen) atoms. The maximum Gasteiger partial charge on any atom is 2.00 e. The smallest absolute Gasteiger partial charge is 1.00 e. The topological polar surface area (TPSA) is 110 Å². The van der Waals surface area contributed by atoms with Gasteiger partial charge in [0.05, 0.1) is 45.1 Å². The van der Waals surface area contributed by atoms with Crippen molar-refractivity contribution >= 4 is 105 Å². The minimum Gasteiger partial charge on any atom is -1.00 e. The molecule has 0 unspecified atom stereocenters. The first kappa shape index (κ1) is 58.4. The Labute approximate surface area is 354 Å². The summed E-state index contributed by atoms with van der Waals surface area (Å²) < 4.78 is 4.94. The molecule has 0 aliphatic carbocycles. The van der Waals surface area contributed by atoms with Crippen LogP contribution in [0.5, 0.6) is 0 Å². The van der Waals surface area contributed by atoms with Crippen LogP contribution in [0.15, 0.2) is 61.2 Å². The third kappa shape index (κ3) is 22.9. The van der Waals surface area contributed by atoms with E-state index >= 15 is 0 Å². The van der Waals surface area contributed by atoms with Gasteiger partial charge in [-0.15, -0.1) is 12.4 Å². The number of ether oxygens (including phenoxy) is 1. The van der Waals surface area contributed by atoms with E-state index < -0.39 is 5.97 Å². The fraction of sp³-hybridized carbons (Fsp3) is 0.257. The molecule has 1 amide bonds. The molecule has 0 aromatic heterocycles. The van der Waals surface area contributed by atoms with Crippen LogP contribution >= 0.6 is 47.2 Å². The zero-order chi connectivity index (χ0) is 36.6. The minimum absolute atomic E-state index is 0. The van der Waals surface area contributed by atoms with Crippen LogP contribution in [0, 0.1) is 27.1 Å². The Balaban J connectivity index is -0.000000184. The van der Waals surface area contributed by atoms with Gasteiger partial charge >= 0.3 is 29.0 Å². The van der Waals surface area contributed by atoms with Gasteiger partial charge in [-0.2, -0.15) is 0 Å². The van der Waals surface area contributed by atoms with Crippen molar-refractivity contribution in [3.63, 3.8) is 0 Å². The number of aromatic carboxylic acids is 1. The zero-order valence-corrected chi connectivity index (χ0v) is 35.7. The summed E-state index contributed by atoms with van der Waals surface area (Å²) in [6.45, 7) is 27.9. The predicted octanol–water partition coefficient (Wildman–Crippen LogP) is 7.10. The number of carbonyl (C=O) groups is 2. The van der Waals surface area contributed by atoms with E-state index in [1.165, 1.54) is 63.4 Å². The van der Waals surface area contributed by atoms with Gasteiger partial charge < -0.3 is 39.1 Å². The van der Waals surface area contributed by atoms with Crippen LogP contribution in [0.2, 0.25) is 15.1 Å². The molecule has 0 atom stereocenters. The molecule has 3 aromatic carbocycles. The Morgan fingerprint density at radius 2 is 1.19 bits per heavy atom. The van der Waals surface area contributed by atoms with Gasteiger partial charge in [0, 0.05) is 42.4 Å². The van der Waals surface area contributed by atoms with E-state index in [2.05, 4.69) is 31.4 Å². The van der Waals surface area contributed by atoms with E-state index in [0.717, 1.165) is 29.4 Å². The molecule has 17 heteroatoms. The van der Waals surface area contributed by atoms with Crippen LogP contribution in [-0.2, 0) is 14.4 Å². The molecule has 1 saturated heterocycles. The van der Waals surface area contributed by atoms with Crippen molar-refractivity contribution < 1.29 is 46.1 Å². The summed E-state index contributed by atoms with van der Waals surface area (Å²) in [5.41, 5.74) is 5.88. The van der Waals surface area contributed by atoms with E-state index in [0.29, 0.717) is 27.6 Å². The van der Waals surface area contributed by atoms with E-state index in [-0.39, 0.29) is 81.4 Å². The van der Waals surface area contributed by atoms with Crippen LogP contribution < -0.4 is 22.5 Å². The van der Waals surface area contributed by atoms with E-state index in [9.17, 15) is 9.59 Å². The summed E-state index contributed by atoms with van der Waals surface area (Å²) in [6.07, 6.45) is 2.56. The maximum absolute atomic E-state index is 11.6. The first-order valence-electron chi connectivity index (χ1n) is 13.8. The van der Waals surface area contributed by atoms with E-state index in [1.54, 1.807) is 26.3 Å². The van der Waals surface area contributed by atoms with Gasteiger partial charge in [0.25, 0.3) is 5.91 Å². The normalized spacial score (nSPS) is 9.79. The average molecular weight is 873 g/mol. The molecule has 11 nitrogen and oxygen atoms in total. The maximum atomic E-state index is 11.6. The van der Waals surface area contributed by atoms with Crippen LogP contribution in [0.3, 0.4) is 0 Å². The molecule has 1 heterocycles. The molecule has 3 aromatic rings. The van der Waals surface area contributed by atoms with Crippen molar-refractivity contribution in [3.05, 3.63) is 135 Å². The Morgan fingerprint density at radius 3 is 1.42 bits per heavy atom. The molecule has 1 aliphatic heterocycles. The van der Waals surface area contributed by atoms with Crippen molar-refractivity contribution in [2.24, 2.45) is 0 Å². The number of halogens is 5. The number of nitrogens with zero attached hydrogens (tertiary/aromatic N) is 4. The predicted molar refractivity (Wildman–Crippen MR) is 209 cm³/mol. The monoisotopic (exact) mass is 869 g/mol. The van der Waals surface area contributed by atoms with Gasteiger partial charge in [-0.25, -0.2) is 29.9 Å². The second kappa shape index (κ2) is 33.9. The Morgan fingerprint density at radius 1 is 0.846 bits per heavy atom. The molecule has 0 radical (unpaired) electrons. The molecule has 2 N–H and O–H groups in total. The van der Waals surface area contributed by atoms with Gasteiger partial charge in [0.15, 0.2) is 17.1 Å². The second-order valence-corrected chi connectivity index (χ2v) is 10.3. The molecule has 1 fully saturated rings. The van der Waals surface area contributed by atoms with E-state index in [4.69, 9.17) is 69.2 Å². The number of benzene rings is 3. The summed E-state index contributed by atoms with van der Waals surface area (Å²) >= 11 is 17.3. The Bertz CT molecular complexity index is 1580. The number of hydroxylamine groups is 3. The van der Waals surface area contributed by atoms with Crippen molar-refractivity contribution in [2.75, 3.05) is 41.5 Å². The number of hydrogen-bond donors (Lipinski definition) is 2. The van der Waals surface area contributed by atoms with Crippen molar-refractivity contribution in [3.8, 4) is 0 Å². The molecule has 0 spiro atoms. The molecule has 0 bridgehead atoms. The first-order chi connectivity index (χ1) is 22.8. The number of amides is 1. The largest absolute Gasteiger partial charge is 2.00 e. The average Bonchev–Trinajstić information content (AvgIpc) is 3.68. The fourth-order valence-electron chi connectivity index (χ4n) is 3.18. The van der Waals surface area contributed by atoms with Crippen LogP contribution in [0.4, 0.5) is 17.1 Å². The minimum atomic E-state index is -1.09. The number of hydrogen-bond acceptors (Lipinski definition) is 6. The van der Waals surface area contributed by atoms with Crippen LogP contribution in [0.1, 0.15) is 46.0 Å². The summed E-state index contributed by atoms with van der Waals surface area (Å²) in [7, 11) is 6.15. The number of nitrogens with one attached hydrogen (secondary N) is 1. The number of rotatable bonds is 5. The fourth-order valence-corrected chi connectivity index (χ4v) is 4.02. The van der Waals surface area contributed by atoms with Gasteiger partial charge in [0.1, 0.15) is 0 Å². The second-order valence-electron chi connectivity index (χ2n) is 9.13. The molecule has 0 saturated carbocycles. The number of carbonyl (C=O) groups excluding carboxylic acids is 1. The van der Waals surface area contributed by atoms with Gasteiger partial charge in [-0.1, -0.05) is 77.8 Å². The molecule has 278 valence electrons. The number of allylic oxidation sites excluding steroid dienone is 1. The van der Waals surface area contributed by atoms with Crippen LogP contribution in [-0.4, -0.2) is 86.6 Å². The SMILES string of the molecule is C1CCOC1.CNOC.Cl.[Br-].[C-]#[N+]c1ccc(C(=C)C)c(Cl)c1.[C-]#[N+]c1ccc(C(=O)N(C)OC)c(Cl)c1.[C-]#[N+]c1ccc(C(=O)O)c(Cl)c1.[CH3-].[Mg+2]. The summed E-state index contributed by atoms with van der Waals surface area (Å²) in [4.78, 5) is 40.7. The number of carboxylic acid groups (broad SMARTS) is 1. The summed E-state index contributed by atoms with van der Waals surface area (Å²) in [5, 5.41) is 10.6.